The van der Waals surface area contributed by atoms with Gasteiger partial charge in [0, 0.05) is 0 Å². The van der Waals surface area contributed by atoms with Crippen molar-refractivity contribution in [3.63, 3.8) is 0 Å². The van der Waals surface area contributed by atoms with Crippen molar-refractivity contribution in [1.29, 1.82) is 0 Å². The number of phenols is 1. The van der Waals surface area contributed by atoms with E-state index < -0.39 is 5.97 Å². The molecule has 1 aromatic rings. The fourth-order valence-corrected chi connectivity index (χ4v) is 2.29. The Morgan fingerprint density at radius 1 is 0.957 bits per heavy atom. The van der Waals surface area contributed by atoms with Crippen LogP contribution >= 0.6 is 0 Å². The molecule has 132 valence electrons. The van der Waals surface area contributed by atoms with Gasteiger partial charge in [-0.1, -0.05) is 70.9 Å². The molecule has 0 fully saturated rings. The molecule has 1 unspecified atom stereocenters. The summed E-state index contributed by atoms with van der Waals surface area (Å²) in [6, 6.07) is 5.81. The van der Waals surface area contributed by atoms with Gasteiger partial charge < -0.3 is 15.3 Å². The summed E-state index contributed by atoms with van der Waals surface area (Å²) in [5.41, 5.74) is -0.0671. The van der Waals surface area contributed by atoms with Crippen molar-refractivity contribution in [3.05, 3.63) is 29.8 Å². The van der Waals surface area contributed by atoms with Gasteiger partial charge in [0.15, 0.2) is 0 Å². The normalized spacial score (nSPS) is 11.4. The number of hydrogen-bond donors (Lipinski definition) is 3. The van der Waals surface area contributed by atoms with Gasteiger partial charge in [0.25, 0.3) is 0 Å². The molecule has 0 aliphatic heterocycles. The number of hydrogen-bond acceptors (Lipinski definition) is 3. The summed E-state index contributed by atoms with van der Waals surface area (Å²) in [6.45, 7) is 4.37. The number of aliphatic hydroxyl groups is 1. The van der Waals surface area contributed by atoms with Crippen molar-refractivity contribution in [3.8, 4) is 5.75 Å². The maximum absolute atomic E-state index is 10.3. The lowest BCUT2D eigenvalue weighted by atomic mass is 10.0. The van der Waals surface area contributed by atoms with Crippen LogP contribution in [0.25, 0.3) is 0 Å². The number of aromatic carboxylic acids is 1. The van der Waals surface area contributed by atoms with Gasteiger partial charge >= 0.3 is 5.97 Å². The molecule has 0 aliphatic rings. The second-order valence-corrected chi connectivity index (χ2v) is 5.82. The lowest BCUT2D eigenvalue weighted by Crippen LogP contribution is -2.04. The zero-order valence-electron chi connectivity index (χ0n) is 14.5. The molecule has 1 rings (SSSR count). The number of aliphatic hydroxyl groups excluding tert-OH is 1. The van der Waals surface area contributed by atoms with Crippen LogP contribution in [-0.4, -0.2) is 27.4 Å². The highest BCUT2D eigenvalue weighted by molar-refractivity contribution is 5.90. The average Bonchev–Trinajstić information content (AvgIpc) is 2.52. The monoisotopic (exact) mass is 324 g/mol. The number of carboxylic acid groups (broad SMARTS) is 1. The first kappa shape index (κ1) is 21.4. The second-order valence-electron chi connectivity index (χ2n) is 5.82. The summed E-state index contributed by atoms with van der Waals surface area (Å²) in [7, 11) is 0. The third kappa shape index (κ3) is 11.6. The fourth-order valence-electron chi connectivity index (χ4n) is 2.29. The number of unbranched alkanes of at least 4 members (excludes halogenated alkanes) is 5. The molecule has 0 saturated heterocycles. The minimum Gasteiger partial charge on any atom is -0.507 e. The van der Waals surface area contributed by atoms with Gasteiger partial charge in [-0.3, -0.25) is 0 Å². The van der Waals surface area contributed by atoms with Crippen LogP contribution < -0.4 is 0 Å². The third-order valence-electron chi connectivity index (χ3n) is 3.65. The molecular weight excluding hydrogens is 292 g/mol. The summed E-state index contributed by atoms with van der Waals surface area (Å²) >= 11 is 0. The maximum atomic E-state index is 10.3. The molecule has 0 spiro atoms. The first-order valence-electron chi connectivity index (χ1n) is 8.72. The van der Waals surface area contributed by atoms with E-state index in [9.17, 15) is 9.90 Å². The summed E-state index contributed by atoms with van der Waals surface area (Å²) in [5, 5.41) is 26.8. The SMILES string of the molecule is CCCCCCCCC(O)CCC.O=C(O)c1ccccc1O. The topological polar surface area (TPSA) is 77.8 Å². The molecule has 0 bridgehead atoms. The van der Waals surface area contributed by atoms with Crippen LogP contribution in [0.2, 0.25) is 0 Å². The van der Waals surface area contributed by atoms with Crippen LogP contribution in [0.1, 0.15) is 82.0 Å². The molecule has 0 amide bonds. The molecule has 4 nitrogen and oxygen atoms in total. The van der Waals surface area contributed by atoms with Crippen LogP contribution in [0.15, 0.2) is 24.3 Å². The number of benzene rings is 1. The zero-order valence-corrected chi connectivity index (χ0v) is 14.5. The van der Waals surface area contributed by atoms with Gasteiger partial charge in [-0.2, -0.15) is 0 Å². The van der Waals surface area contributed by atoms with Crippen LogP contribution in [-0.2, 0) is 0 Å². The smallest absolute Gasteiger partial charge is 0.339 e. The Kier molecular flexibility index (Phi) is 13.1. The van der Waals surface area contributed by atoms with Crippen molar-refractivity contribution in [2.24, 2.45) is 0 Å². The molecular formula is C19H32O4. The second kappa shape index (κ2) is 14.1. The molecule has 0 heterocycles. The van der Waals surface area contributed by atoms with E-state index in [0.717, 1.165) is 19.3 Å². The number of carboxylic acids is 1. The molecule has 1 aromatic carbocycles. The van der Waals surface area contributed by atoms with E-state index in [0.29, 0.717) is 0 Å². The summed E-state index contributed by atoms with van der Waals surface area (Å²) in [5.74, 6) is -1.31. The fraction of sp³-hybridized carbons (Fsp3) is 0.632. The molecule has 4 heteroatoms. The highest BCUT2D eigenvalue weighted by Gasteiger charge is 2.05. The third-order valence-corrected chi connectivity index (χ3v) is 3.65. The molecule has 1 atom stereocenters. The van der Waals surface area contributed by atoms with Gasteiger partial charge in [0.05, 0.1) is 6.10 Å². The minimum absolute atomic E-state index is 0.0313. The molecule has 0 radical (unpaired) electrons. The molecule has 0 saturated carbocycles. The van der Waals surface area contributed by atoms with E-state index >= 15 is 0 Å². The highest BCUT2D eigenvalue weighted by Crippen LogP contribution is 2.14. The van der Waals surface area contributed by atoms with Crippen LogP contribution in [0.5, 0.6) is 5.75 Å². The number of carbonyl (C=O) groups is 1. The Labute approximate surface area is 140 Å². The summed E-state index contributed by atoms with van der Waals surface area (Å²) in [4.78, 5) is 10.3. The Balaban J connectivity index is 0.000000433. The highest BCUT2D eigenvalue weighted by atomic mass is 16.4. The summed E-state index contributed by atoms with van der Waals surface area (Å²) in [6.07, 6.45) is 11.0. The Hall–Kier alpha value is -1.55. The summed E-state index contributed by atoms with van der Waals surface area (Å²) < 4.78 is 0. The van der Waals surface area contributed by atoms with Crippen LogP contribution in [0, 0.1) is 0 Å². The Bertz CT molecular complexity index is 418. The minimum atomic E-state index is -1.11. The quantitative estimate of drug-likeness (QED) is 0.530. The average molecular weight is 324 g/mol. The Morgan fingerprint density at radius 3 is 2.09 bits per heavy atom. The van der Waals surface area contributed by atoms with Crippen LogP contribution in [0.3, 0.4) is 0 Å². The van der Waals surface area contributed by atoms with Crippen LogP contribution in [0.4, 0.5) is 0 Å². The van der Waals surface area contributed by atoms with Gasteiger partial charge in [-0.15, -0.1) is 0 Å². The maximum Gasteiger partial charge on any atom is 0.339 e. The van der Waals surface area contributed by atoms with E-state index in [1.807, 2.05) is 0 Å². The van der Waals surface area contributed by atoms with Crippen molar-refractivity contribution in [2.75, 3.05) is 0 Å². The first-order chi connectivity index (χ1) is 11.0. The lowest BCUT2D eigenvalue weighted by Gasteiger charge is -2.08. The van der Waals surface area contributed by atoms with Crippen molar-refractivity contribution < 1.29 is 20.1 Å². The number of aromatic hydroxyl groups is 1. The molecule has 3 N–H and O–H groups in total. The van der Waals surface area contributed by atoms with E-state index in [2.05, 4.69) is 13.8 Å². The molecule has 0 aliphatic carbocycles. The van der Waals surface area contributed by atoms with E-state index in [1.165, 1.54) is 50.7 Å². The standard InChI is InChI=1S/C12H26O.C7H6O3/c1-3-5-6-7-8-9-11-12(13)10-4-2;8-6-4-2-1-3-5(6)7(9)10/h12-13H,3-11H2,1-2H3;1-4,8H,(H,9,10). The largest absolute Gasteiger partial charge is 0.507 e. The van der Waals surface area contributed by atoms with Crippen molar-refractivity contribution in [1.82, 2.24) is 0 Å². The van der Waals surface area contributed by atoms with Crippen molar-refractivity contribution >= 4 is 5.97 Å². The first-order valence-corrected chi connectivity index (χ1v) is 8.72. The Morgan fingerprint density at radius 2 is 1.57 bits per heavy atom. The van der Waals surface area contributed by atoms with Gasteiger partial charge in [-0.25, -0.2) is 4.79 Å². The predicted octanol–water partition coefficient (Wildman–Crippen LogP) is 4.99. The van der Waals surface area contributed by atoms with Crippen molar-refractivity contribution in [2.45, 2.75) is 77.7 Å². The number of rotatable bonds is 10. The zero-order chi connectivity index (χ0) is 17.5. The van der Waals surface area contributed by atoms with Gasteiger partial charge in [-0.05, 0) is 25.0 Å². The number of para-hydroxylation sites is 1. The van der Waals surface area contributed by atoms with E-state index in [1.54, 1.807) is 12.1 Å². The molecule has 23 heavy (non-hydrogen) atoms. The predicted molar refractivity (Wildman–Crippen MR) is 94.0 cm³/mol. The van der Waals surface area contributed by atoms with E-state index in [4.69, 9.17) is 10.2 Å². The molecule has 0 aromatic heterocycles. The van der Waals surface area contributed by atoms with Gasteiger partial charge in [0.2, 0.25) is 0 Å². The van der Waals surface area contributed by atoms with Gasteiger partial charge in [0.1, 0.15) is 11.3 Å². The van der Waals surface area contributed by atoms with E-state index in [-0.39, 0.29) is 17.4 Å². The lowest BCUT2D eigenvalue weighted by molar-refractivity contribution is 0.0693.